The van der Waals surface area contributed by atoms with Crippen LogP contribution in [-0.4, -0.2) is 11.4 Å². The number of hydrogen-bond donors (Lipinski definition) is 1. The van der Waals surface area contributed by atoms with E-state index in [1.54, 1.807) is 11.4 Å². The van der Waals surface area contributed by atoms with Crippen LogP contribution in [0.3, 0.4) is 0 Å². The fourth-order valence-electron chi connectivity index (χ4n) is 1.31. The van der Waals surface area contributed by atoms with Crippen molar-refractivity contribution >= 4 is 27.7 Å². The number of thiophene rings is 1. The van der Waals surface area contributed by atoms with Gasteiger partial charge in [0.2, 0.25) is 0 Å². The molecule has 1 aromatic carbocycles. The molecule has 0 saturated carbocycles. The van der Waals surface area contributed by atoms with E-state index in [9.17, 15) is 9.90 Å². The van der Waals surface area contributed by atoms with Gasteiger partial charge in [0, 0.05) is 21.0 Å². The summed E-state index contributed by atoms with van der Waals surface area (Å²) >= 11 is 1.48. The van der Waals surface area contributed by atoms with Crippen LogP contribution in [0.5, 0.6) is 5.75 Å². The van der Waals surface area contributed by atoms with Crippen molar-refractivity contribution in [3.05, 3.63) is 28.6 Å². The van der Waals surface area contributed by atoms with Crippen molar-refractivity contribution in [2.45, 2.75) is 6.92 Å². The SMILES string of the molecule is Cc1cc2scc(O)c2cc1C=O. The molecule has 0 fully saturated rings. The van der Waals surface area contributed by atoms with Gasteiger partial charge in [-0.15, -0.1) is 11.3 Å². The number of aldehydes is 1. The highest BCUT2D eigenvalue weighted by Gasteiger charge is 2.05. The van der Waals surface area contributed by atoms with Gasteiger partial charge in [-0.2, -0.15) is 0 Å². The zero-order chi connectivity index (χ0) is 9.42. The first-order valence-corrected chi connectivity index (χ1v) is 4.76. The summed E-state index contributed by atoms with van der Waals surface area (Å²) < 4.78 is 1.01. The lowest BCUT2D eigenvalue weighted by Gasteiger charge is -1.98. The fraction of sp³-hybridized carbons (Fsp3) is 0.100. The van der Waals surface area contributed by atoms with Gasteiger partial charge in [0.1, 0.15) is 12.0 Å². The van der Waals surface area contributed by atoms with Crippen molar-refractivity contribution in [1.82, 2.24) is 0 Å². The molecule has 13 heavy (non-hydrogen) atoms. The molecule has 0 aliphatic rings. The molecule has 1 heterocycles. The molecule has 0 saturated heterocycles. The molecule has 0 aliphatic heterocycles. The minimum absolute atomic E-state index is 0.253. The van der Waals surface area contributed by atoms with Crippen molar-refractivity contribution in [2.24, 2.45) is 0 Å². The molecule has 0 spiro atoms. The van der Waals surface area contributed by atoms with E-state index in [0.29, 0.717) is 5.56 Å². The lowest BCUT2D eigenvalue weighted by atomic mass is 10.1. The summed E-state index contributed by atoms with van der Waals surface area (Å²) in [5, 5.41) is 11.9. The Morgan fingerprint density at radius 2 is 2.23 bits per heavy atom. The van der Waals surface area contributed by atoms with Crippen LogP contribution in [-0.2, 0) is 0 Å². The highest BCUT2D eigenvalue weighted by atomic mass is 32.1. The smallest absolute Gasteiger partial charge is 0.150 e. The number of hydrogen-bond acceptors (Lipinski definition) is 3. The van der Waals surface area contributed by atoms with Gasteiger partial charge < -0.3 is 5.11 Å². The molecular formula is C10H8O2S. The monoisotopic (exact) mass is 192 g/mol. The van der Waals surface area contributed by atoms with Gasteiger partial charge in [-0.1, -0.05) is 0 Å². The van der Waals surface area contributed by atoms with Crippen LogP contribution in [0.25, 0.3) is 10.1 Å². The van der Waals surface area contributed by atoms with Crippen molar-refractivity contribution in [2.75, 3.05) is 0 Å². The molecule has 0 atom stereocenters. The van der Waals surface area contributed by atoms with E-state index >= 15 is 0 Å². The standard InChI is InChI=1S/C10H8O2S/c1-6-2-10-8(3-7(6)4-11)9(12)5-13-10/h2-5,12H,1H3. The first kappa shape index (κ1) is 8.26. The molecular weight excluding hydrogens is 184 g/mol. The average molecular weight is 192 g/mol. The van der Waals surface area contributed by atoms with Gasteiger partial charge in [-0.25, -0.2) is 0 Å². The maximum Gasteiger partial charge on any atom is 0.150 e. The summed E-state index contributed by atoms with van der Waals surface area (Å²) in [6.45, 7) is 1.89. The van der Waals surface area contributed by atoms with Gasteiger partial charge in [0.05, 0.1) is 0 Å². The predicted octanol–water partition coefficient (Wildman–Crippen LogP) is 2.73. The van der Waals surface area contributed by atoms with Gasteiger partial charge in [0.15, 0.2) is 0 Å². The minimum atomic E-state index is 0.253. The van der Waals surface area contributed by atoms with Gasteiger partial charge in [-0.3, -0.25) is 4.79 Å². The molecule has 1 aromatic heterocycles. The van der Waals surface area contributed by atoms with Gasteiger partial charge >= 0.3 is 0 Å². The van der Waals surface area contributed by atoms with Crippen LogP contribution in [0.4, 0.5) is 0 Å². The maximum absolute atomic E-state index is 10.6. The van der Waals surface area contributed by atoms with Crippen LogP contribution >= 0.6 is 11.3 Å². The topological polar surface area (TPSA) is 37.3 Å². The number of carbonyl (C=O) groups excluding carboxylic acids is 1. The Kier molecular flexibility index (Phi) is 1.81. The highest BCUT2D eigenvalue weighted by Crippen LogP contribution is 2.32. The number of fused-ring (bicyclic) bond motifs is 1. The number of aryl methyl sites for hydroxylation is 1. The van der Waals surface area contributed by atoms with E-state index in [1.807, 2.05) is 13.0 Å². The maximum atomic E-state index is 10.6. The van der Waals surface area contributed by atoms with E-state index < -0.39 is 0 Å². The van der Waals surface area contributed by atoms with Gasteiger partial charge in [-0.05, 0) is 24.6 Å². The van der Waals surface area contributed by atoms with Crippen LogP contribution in [0.15, 0.2) is 17.5 Å². The summed E-state index contributed by atoms with van der Waals surface area (Å²) in [5.74, 6) is 0.253. The second kappa shape index (κ2) is 2.85. The first-order valence-electron chi connectivity index (χ1n) is 3.88. The van der Waals surface area contributed by atoms with Gasteiger partial charge in [0.25, 0.3) is 0 Å². The van der Waals surface area contributed by atoms with Crippen molar-refractivity contribution < 1.29 is 9.90 Å². The summed E-state index contributed by atoms with van der Waals surface area (Å²) in [4.78, 5) is 10.6. The summed E-state index contributed by atoms with van der Waals surface area (Å²) in [7, 11) is 0. The Bertz CT molecular complexity index is 471. The number of benzene rings is 1. The average Bonchev–Trinajstić information content (AvgIpc) is 2.46. The second-order valence-electron chi connectivity index (χ2n) is 2.94. The lowest BCUT2D eigenvalue weighted by molar-refractivity contribution is 0.112. The minimum Gasteiger partial charge on any atom is -0.506 e. The third kappa shape index (κ3) is 1.21. The van der Waals surface area contributed by atoms with E-state index in [1.165, 1.54) is 11.3 Å². The van der Waals surface area contributed by atoms with Crippen molar-refractivity contribution in [1.29, 1.82) is 0 Å². The Morgan fingerprint density at radius 1 is 1.46 bits per heavy atom. The van der Waals surface area contributed by atoms with Crippen LogP contribution in [0.1, 0.15) is 15.9 Å². The molecule has 0 radical (unpaired) electrons. The van der Waals surface area contributed by atoms with E-state index in [4.69, 9.17) is 0 Å². The molecule has 3 heteroatoms. The Balaban J connectivity index is 2.84. The van der Waals surface area contributed by atoms with Crippen LogP contribution < -0.4 is 0 Å². The normalized spacial score (nSPS) is 10.5. The number of carbonyl (C=O) groups is 1. The second-order valence-corrected chi connectivity index (χ2v) is 3.85. The molecule has 0 amide bonds. The van der Waals surface area contributed by atoms with E-state index in [-0.39, 0.29) is 5.75 Å². The Labute approximate surface area is 79.4 Å². The van der Waals surface area contributed by atoms with Crippen molar-refractivity contribution in [3.63, 3.8) is 0 Å². The lowest BCUT2D eigenvalue weighted by Crippen LogP contribution is -1.84. The molecule has 0 aliphatic carbocycles. The molecule has 2 aromatic rings. The van der Waals surface area contributed by atoms with Crippen molar-refractivity contribution in [3.8, 4) is 5.75 Å². The molecule has 66 valence electrons. The summed E-state index contributed by atoms with van der Waals surface area (Å²) in [6.07, 6.45) is 0.811. The fourth-order valence-corrected chi connectivity index (χ4v) is 2.21. The molecule has 2 nitrogen and oxygen atoms in total. The third-order valence-corrected chi connectivity index (χ3v) is 3.00. The molecule has 0 unspecified atom stereocenters. The third-order valence-electron chi connectivity index (χ3n) is 2.07. The van der Waals surface area contributed by atoms with E-state index in [0.717, 1.165) is 21.9 Å². The Hall–Kier alpha value is -1.35. The van der Waals surface area contributed by atoms with E-state index in [2.05, 4.69) is 0 Å². The zero-order valence-corrected chi connectivity index (χ0v) is 7.89. The molecule has 0 bridgehead atoms. The highest BCUT2D eigenvalue weighted by molar-refractivity contribution is 7.17. The number of aromatic hydroxyl groups is 1. The molecule has 2 rings (SSSR count). The summed E-state index contributed by atoms with van der Waals surface area (Å²) in [6, 6.07) is 3.65. The number of rotatable bonds is 1. The predicted molar refractivity (Wildman–Crippen MR) is 53.6 cm³/mol. The quantitative estimate of drug-likeness (QED) is 0.705. The summed E-state index contributed by atoms with van der Waals surface area (Å²) in [5.41, 5.74) is 1.59. The Morgan fingerprint density at radius 3 is 2.92 bits per heavy atom. The first-order chi connectivity index (χ1) is 6.22. The van der Waals surface area contributed by atoms with Crippen LogP contribution in [0, 0.1) is 6.92 Å². The zero-order valence-electron chi connectivity index (χ0n) is 7.07. The van der Waals surface area contributed by atoms with Crippen LogP contribution in [0.2, 0.25) is 0 Å². The largest absolute Gasteiger partial charge is 0.506 e. The molecule has 1 N–H and O–H groups in total.